The summed E-state index contributed by atoms with van der Waals surface area (Å²) >= 11 is 0. The number of piperidine rings is 1. The van der Waals surface area contributed by atoms with E-state index in [0.29, 0.717) is 0 Å². The van der Waals surface area contributed by atoms with Gasteiger partial charge in [-0.25, -0.2) is 4.98 Å². The first-order valence-electron chi connectivity index (χ1n) is 8.16. The van der Waals surface area contributed by atoms with Crippen LogP contribution in [0.25, 0.3) is 0 Å². The van der Waals surface area contributed by atoms with Crippen molar-refractivity contribution in [3.05, 3.63) is 59.8 Å². The molecule has 23 heavy (non-hydrogen) atoms. The SMILES string of the molecule is CN(C)c1ncccc1[C@@H]1CCCCN1C(=O)c1ccccc1. The van der Waals surface area contributed by atoms with Crippen LogP contribution in [0.4, 0.5) is 5.82 Å². The van der Waals surface area contributed by atoms with E-state index in [2.05, 4.69) is 11.1 Å². The van der Waals surface area contributed by atoms with Gasteiger partial charge in [-0.15, -0.1) is 0 Å². The summed E-state index contributed by atoms with van der Waals surface area (Å²) in [6.45, 7) is 0.806. The Morgan fingerprint density at radius 2 is 1.91 bits per heavy atom. The molecule has 0 radical (unpaired) electrons. The quantitative estimate of drug-likeness (QED) is 0.870. The number of carbonyl (C=O) groups is 1. The molecule has 3 rings (SSSR count). The van der Waals surface area contributed by atoms with E-state index in [4.69, 9.17) is 0 Å². The average Bonchev–Trinajstić information content (AvgIpc) is 2.62. The predicted octanol–water partition coefficient (Wildman–Crippen LogP) is 3.52. The maximum absolute atomic E-state index is 13.0. The van der Waals surface area contributed by atoms with Crippen LogP contribution >= 0.6 is 0 Å². The second-order valence-electron chi connectivity index (χ2n) is 6.19. The van der Waals surface area contributed by atoms with E-state index in [0.717, 1.165) is 42.8 Å². The van der Waals surface area contributed by atoms with Crippen molar-refractivity contribution in [2.45, 2.75) is 25.3 Å². The number of hydrogen-bond acceptors (Lipinski definition) is 3. The number of amides is 1. The lowest BCUT2D eigenvalue weighted by atomic mass is 9.94. The van der Waals surface area contributed by atoms with E-state index in [1.54, 1.807) is 0 Å². The Labute approximate surface area is 137 Å². The fourth-order valence-corrected chi connectivity index (χ4v) is 3.29. The molecule has 1 aromatic carbocycles. The summed E-state index contributed by atoms with van der Waals surface area (Å²) in [5, 5.41) is 0. The van der Waals surface area contributed by atoms with Gasteiger partial charge in [0.2, 0.25) is 0 Å². The molecule has 1 saturated heterocycles. The van der Waals surface area contributed by atoms with Gasteiger partial charge >= 0.3 is 0 Å². The Morgan fingerprint density at radius 1 is 1.13 bits per heavy atom. The smallest absolute Gasteiger partial charge is 0.254 e. The zero-order valence-corrected chi connectivity index (χ0v) is 13.8. The number of likely N-dealkylation sites (tertiary alicyclic amines) is 1. The summed E-state index contributed by atoms with van der Waals surface area (Å²) in [4.78, 5) is 21.5. The van der Waals surface area contributed by atoms with E-state index < -0.39 is 0 Å². The molecule has 1 aromatic heterocycles. The van der Waals surface area contributed by atoms with E-state index >= 15 is 0 Å². The zero-order valence-electron chi connectivity index (χ0n) is 13.8. The number of hydrogen-bond donors (Lipinski definition) is 0. The number of anilines is 1. The molecular weight excluding hydrogens is 286 g/mol. The van der Waals surface area contributed by atoms with Gasteiger partial charge in [-0.1, -0.05) is 24.3 Å². The number of rotatable bonds is 3. The molecule has 1 aliphatic heterocycles. The molecule has 0 spiro atoms. The van der Waals surface area contributed by atoms with Gasteiger partial charge < -0.3 is 9.80 Å². The summed E-state index contributed by atoms with van der Waals surface area (Å²) in [5.41, 5.74) is 1.90. The largest absolute Gasteiger partial charge is 0.362 e. The van der Waals surface area contributed by atoms with Gasteiger partial charge in [-0.3, -0.25) is 4.79 Å². The van der Waals surface area contributed by atoms with Crippen LogP contribution in [0, 0.1) is 0 Å². The molecule has 4 nitrogen and oxygen atoms in total. The van der Waals surface area contributed by atoms with Gasteiger partial charge in [0.1, 0.15) is 5.82 Å². The highest BCUT2D eigenvalue weighted by atomic mass is 16.2. The first-order chi connectivity index (χ1) is 11.2. The number of pyridine rings is 1. The van der Waals surface area contributed by atoms with Crippen molar-refractivity contribution in [1.82, 2.24) is 9.88 Å². The van der Waals surface area contributed by atoms with Crippen LogP contribution in [0.5, 0.6) is 0 Å². The molecule has 1 atom stereocenters. The lowest BCUT2D eigenvalue weighted by Crippen LogP contribution is -2.39. The summed E-state index contributed by atoms with van der Waals surface area (Å²) in [5.74, 6) is 1.06. The Balaban J connectivity index is 1.95. The minimum atomic E-state index is 0.0996. The first-order valence-corrected chi connectivity index (χ1v) is 8.16. The average molecular weight is 309 g/mol. The lowest BCUT2D eigenvalue weighted by molar-refractivity contribution is 0.0612. The van der Waals surface area contributed by atoms with Crippen LogP contribution in [0.3, 0.4) is 0 Å². The normalized spacial score (nSPS) is 17.8. The fraction of sp³-hybridized carbons (Fsp3) is 0.368. The van der Waals surface area contributed by atoms with Gasteiger partial charge in [-0.05, 0) is 37.5 Å². The van der Waals surface area contributed by atoms with Crippen LogP contribution in [0.2, 0.25) is 0 Å². The van der Waals surface area contributed by atoms with E-state index in [1.807, 2.05) is 66.5 Å². The van der Waals surface area contributed by atoms with Crippen LogP contribution in [-0.2, 0) is 0 Å². The topological polar surface area (TPSA) is 36.4 Å². The van der Waals surface area contributed by atoms with Crippen molar-refractivity contribution in [2.75, 3.05) is 25.5 Å². The van der Waals surface area contributed by atoms with Gasteiger partial charge in [0.25, 0.3) is 5.91 Å². The van der Waals surface area contributed by atoms with E-state index in [-0.39, 0.29) is 11.9 Å². The summed E-state index contributed by atoms with van der Waals surface area (Å²) in [6.07, 6.45) is 5.01. The molecule has 0 saturated carbocycles. The van der Waals surface area contributed by atoms with Crippen molar-refractivity contribution in [1.29, 1.82) is 0 Å². The Kier molecular flexibility index (Phi) is 4.60. The fourth-order valence-electron chi connectivity index (χ4n) is 3.29. The van der Waals surface area contributed by atoms with Crippen LogP contribution in [-0.4, -0.2) is 36.4 Å². The van der Waals surface area contributed by atoms with E-state index in [1.165, 1.54) is 0 Å². The third kappa shape index (κ3) is 3.21. The number of benzene rings is 1. The summed E-state index contributed by atoms with van der Waals surface area (Å²) < 4.78 is 0. The highest BCUT2D eigenvalue weighted by Gasteiger charge is 2.30. The molecule has 120 valence electrons. The van der Waals surface area contributed by atoms with Crippen LogP contribution < -0.4 is 4.90 Å². The number of carbonyl (C=O) groups excluding carboxylic acids is 1. The molecule has 0 aliphatic carbocycles. The van der Waals surface area contributed by atoms with Crippen LogP contribution in [0.1, 0.15) is 41.2 Å². The second kappa shape index (κ2) is 6.82. The standard InChI is InChI=1S/C19H23N3O/c1-21(2)18-16(11-8-13-20-18)17-12-6-7-14-22(17)19(23)15-9-4-3-5-10-15/h3-5,8-11,13,17H,6-7,12,14H2,1-2H3/t17-/m0/s1. The molecule has 4 heteroatoms. The molecule has 2 heterocycles. The van der Waals surface area contributed by atoms with Gasteiger partial charge in [0.15, 0.2) is 0 Å². The third-order valence-electron chi connectivity index (χ3n) is 4.38. The van der Waals surface area contributed by atoms with Crippen molar-refractivity contribution >= 4 is 11.7 Å². The molecule has 0 unspecified atom stereocenters. The maximum atomic E-state index is 13.0. The maximum Gasteiger partial charge on any atom is 0.254 e. The highest BCUT2D eigenvalue weighted by Crippen LogP contribution is 2.35. The van der Waals surface area contributed by atoms with Crippen molar-refractivity contribution in [2.24, 2.45) is 0 Å². The molecule has 1 fully saturated rings. The highest BCUT2D eigenvalue weighted by molar-refractivity contribution is 5.94. The minimum Gasteiger partial charge on any atom is -0.362 e. The summed E-state index contributed by atoms with van der Waals surface area (Å²) in [7, 11) is 4.00. The van der Waals surface area contributed by atoms with Crippen molar-refractivity contribution in [3.63, 3.8) is 0 Å². The predicted molar refractivity (Wildman–Crippen MR) is 92.6 cm³/mol. The third-order valence-corrected chi connectivity index (χ3v) is 4.38. The number of aromatic nitrogens is 1. The molecule has 1 amide bonds. The Morgan fingerprint density at radius 3 is 2.65 bits per heavy atom. The molecular formula is C19H23N3O. The molecule has 1 aliphatic rings. The van der Waals surface area contributed by atoms with Crippen molar-refractivity contribution in [3.8, 4) is 0 Å². The zero-order chi connectivity index (χ0) is 16.2. The first kappa shape index (κ1) is 15.5. The van der Waals surface area contributed by atoms with E-state index in [9.17, 15) is 4.79 Å². The number of nitrogens with zero attached hydrogens (tertiary/aromatic N) is 3. The Bertz CT molecular complexity index is 669. The van der Waals surface area contributed by atoms with Gasteiger partial charge in [0, 0.05) is 38.0 Å². The van der Waals surface area contributed by atoms with Crippen LogP contribution in [0.15, 0.2) is 48.7 Å². The summed E-state index contributed by atoms with van der Waals surface area (Å²) in [6, 6.07) is 13.7. The van der Waals surface area contributed by atoms with Gasteiger partial charge in [-0.2, -0.15) is 0 Å². The minimum absolute atomic E-state index is 0.0996. The monoisotopic (exact) mass is 309 g/mol. The second-order valence-corrected chi connectivity index (χ2v) is 6.19. The Hall–Kier alpha value is -2.36. The van der Waals surface area contributed by atoms with Gasteiger partial charge in [0.05, 0.1) is 6.04 Å². The molecule has 0 bridgehead atoms. The molecule has 2 aromatic rings. The van der Waals surface area contributed by atoms with Crippen molar-refractivity contribution < 1.29 is 4.79 Å². The molecule has 0 N–H and O–H groups in total. The lowest BCUT2D eigenvalue weighted by Gasteiger charge is -2.37.